The van der Waals surface area contributed by atoms with Crippen LogP contribution in [0.3, 0.4) is 0 Å². The van der Waals surface area contributed by atoms with Crippen molar-refractivity contribution in [3.05, 3.63) is 51.7 Å². The minimum atomic E-state index is -0.0199. The Morgan fingerprint density at radius 2 is 2.10 bits per heavy atom. The fraction of sp³-hybridized carbons (Fsp3) is 0.267. The summed E-state index contributed by atoms with van der Waals surface area (Å²) in [7, 11) is 1.91. The molecular weight excluding hydrogens is 292 g/mol. The zero-order valence-corrected chi connectivity index (χ0v) is 13.2. The molecule has 0 saturated heterocycles. The minimum absolute atomic E-state index is 0. The van der Waals surface area contributed by atoms with Crippen molar-refractivity contribution in [2.75, 3.05) is 12.4 Å². The number of amides is 1. The van der Waals surface area contributed by atoms with Gasteiger partial charge in [-0.2, -0.15) is 0 Å². The van der Waals surface area contributed by atoms with Crippen LogP contribution in [0.25, 0.3) is 0 Å². The third kappa shape index (κ3) is 4.07. The maximum atomic E-state index is 12.2. The number of rotatable bonds is 5. The molecule has 1 amide bonds. The van der Waals surface area contributed by atoms with Crippen LogP contribution in [0.5, 0.6) is 0 Å². The fourth-order valence-corrected chi connectivity index (χ4v) is 2.85. The number of halogens is 1. The largest absolute Gasteiger partial charge is 0.321 e. The van der Waals surface area contributed by atoms with E-state index in [1.165, 1.54) is 11.3 Å². The summed E-state index contributed by atoms with van der Waals surface area (Å²) in [4.78, 5) is 13.0. The van der Waals surface area contributed by atoms with Crippen LogP contribution in [0.15, 0.2) is 35.7 Å². The first-order valence-electron chi connectivity index (χ1n) is 6.36. The molecule has 0 aliphatic carbocycles. The molecule has 20 heavy (non-hydrogen) atoms. The zero-order valence-electron chi connectivity index (χ0n) is 11.6. The van der Waals surface area contributed by atoms with E-state index < -0.39 is 0 Å². The smallest absolute Gasteiger partial charge is 0.266 e. The van der Waals surface area contributed by atoms with Gasteiger partial charge >= 0.3 is 0 Å². The third-order valence-corrected chi connectivity index (χ3v) is 3.86. The normalized spacial score (nSPS) is 9.90. The molecule has 2 aromatic rings. The van der Waals surface area contributed by atoms with Gasteiger partial charge in [-0.15, -0.1) is 23.7 Å². The monoisotopic (exact) mass is 310 g/mol. The topological polar surface area (TPSA) is 41.1 Å². The molecule has 3 nitrogen and oxygen atoms in total. The van der Waals surface area contributed by atoms with Gasteiger partial charge in [0, 0.05) is 12.2 Å². The summed E-state index contributed by atoms with van der Waals surface area (Å²) in [6, 6.07) is 9.91. The second-order valence-electron chi connectivity index (χ2n) is 4.31. The Balaban J connectivity index is 0.00000200. The quantitative estimate of drug-likeness (QED) is 0.884. The molecule has 0 atom stereocenters. The molecule has 1 aromatic carbocycles. The first-order valence-corrected chi connectivity index (χ1v) is 7.23. The second-order valence-corrected chi connectivity index (χ2v) is 5.23. The van der Waals surface area contributed by atoms with Gasteiger partial charge in [-0.3, -0.25) is 4.79 Å². The Hall–Kier alpha value is -1.36. The van der Waals surface area contributed by atoms with Crippen molar-refractivity contribution >= 4 is 35.3 Å². The molecule has 0 unspecified atom stereocenters. The Morgan fingerprint density at radius 1 is 1.30 bits per heavy atom. The number of nitrogens with one attached hydrogen (secondary N) is 2. The van der Waals surface area contributed by atoms with Crippen LogP contribution < -0.4 is 10.6 Å². The summed E-state index contributed by atoms with van der Waals surface area (Å²) >= 11 is 1.49. The van der Waals surface area contributed by atoms with Crippen molar-refractivity contribution in [3.63, 3.8) is 0 Å². The number of benzene rings is 1. The van der Waals surface area contributed by atoms with Gasteiger partial charge in [0.05, 0.1) is 4.88 Å². The number of aryl methyl sites for hydroxylation is 1. The maximum absolute atomic E-state index is 12.2. The van der Waals surface area contributed by atoms with Crippen LogP contribution in [0.4, 0.5) is 5.69 Å². The lowest BCUT2D eigenvalue weighted by molar-refractivity contribution is 0.103. The molecule has 2 N–H and O–H groups in total. The van der Waals surface area contributed by atoms with Gasteiger partial charge in [0.25, 0.3) is 5.91 Å². The Labute approximate surface area is 129 Å². The third-order valence-electron chi connectivity index (χ3n) is 2.90. The highest BCUT2D eigenvalue weighted by Gasteiger charge is 2.12. The minimum Gasteiger partial charge on any atom is -0.321 e. The van der Waals surface area contributed by atoms with Crippen LogP contribution in [0.2, 0.25) is 0 Å². The predicted molar refractivity (Wildman–Crippen MR) is 88.1 cm³/mol. The fourth-order valence-electron chi connectivity index (χ4n) is 1.96. The number of carbonyl (C=O) groups is 1. The van der Waals surface area contributed by atoms with Gasteiger partial charge in [0.15, 0.2) is 0 Å². The molecular formula is C15H19ClN2OS. The number of anilines is 1. The number of thiophene rings is 1. The van der Waals surface area contributed by atoms with E-state index in [4.69, 9.17) is 0 Å². The molecule has 2 rings (SSSR count). The molecule has 1 aromatic heterocycles. The summed E-state index contributed by atoms with van der Waals surface area (Å²) in [5.41, 5.74) is 3.10. The second kappa shape index (κ2) is 8.04. The van der Waals surface area contributed by atoms with Crippen LogP contribution in [0.1, 0.15) is 27.7 Å². The molecule has 5 heteroatoms. The number of hydrogen-bond donors (Lipinski definition) is 2. The van der Waals surface area contributed by atoms with Gasteiger partial charge in [0.2, 0.25) is 0 Å². The van der Waals surface area contributed by atoms with Gasteiger partial charge < -0.3 is 10.6 Å². The van der Waals surface area contributed by atoms with Crippen molar-refractivity contribution in [3.8, 4) is 0 Å². The molecule has 0 radical (unpaired) electrons. The molecule has 0 saturated carbocycles. The van der Waals surface area contributed by atoms with E-state index in [0.717, 1.165) is 34.7 Å². The Kier molecular flexibility index (Phi) is 6.71. The molecule has 0 aliphatic rings. The van der Waals surface area contributed by atoms with E-state index in [1.807, 2.05) is 42.8 Å². The SMILES string of the molecule is CCc1ccsc1C(=O)Nc1cccc(CNC)c1.Cl. The van der Waals surface area contributed by atoms with Crippen molar-refractivity contribution in [2.24, 2.45) is 0 Å². The number of carbonyl (C=O) groups excluding carboxylic acids is 1. The molecule has 0 bridgehead atoms. The van der Waals surface area contributed by atoms with Crippen molar-refractivity contribution in [1.82, 2.24) is 5.32 Å². The van der Waals surface area contributed by atoms with Crippen LogP contribution >= 0.6 is 23.7 Å². The van der Waals surface area contributed by atoms with Gasteiger partial charge in [0.1, 0.15) is 0 Å². The van der Waals surface area contributed by atoms with Crippen molar-refractivity contribution < 1.29 is 4.79 Å². The van der Waals surface area contributed by atoms with Crippen LogP contribution in [-0.2, 0) is 13.0 Å². The first-order chi connectivity index (χ1) is 9.24. The van der Waals surface area contributed by atoms with E-state index in [9.17, 15) is 4.79 Å². The van der Waals surface area contributed by atoms with Gasteiger partial charge in [-0.25, -0.2) is 0 Å². The molecule has 0 aliphatic heterocycles. The number of hydrogen-bond acceptors (Lipinski definition) is 3. The van der Waals surface area contributed by atoms with E-state index in [0.29, 0.717) is 0 Å². The molecule has 0 spiro atoms. The standard InChI is InChI=1S/C15H18N2OS.ClH/c1-3-12-7-8-19-14(12)15(18)17-13-6-4-5-11(9-13)10-16-2;/h4-9,16H,3,10H2,1-2H3,(H,17,18);1H. The maximum Gasteiger partial charge on any atom is 0.266 e. The molecule has 1 heterocycles. The summed E-state index contributed by atoms with van der Waals surface area (Å²) in [5.74, 6) is -0.0199. The van der Waals surface area contributed by atoms with E-state index in [-0.39, 0.29) is 18.3 Å². The highest BCUT2D eigenvalue weighted by atomic mass is 35.5. The average molecular weight is 311 g/mol. The summed E-state index contributed by atoms with van der Waals surface area (Å²) < 4.78 is 0. The lowest BCUT2D eigenvalue weighted by Gasteiger charge is -2.07. The van der Waals surface area contributed by atoms with Crippen LogP contribution in [0, 0.1) is 0 Å². The first kappa shape index (κ1) is 16.7. The van der Waals surface area contributed by atoms with Gasteiger partial charge in [-0.1, -0.05) is 19.1 Å². The van der Waals surface area contributed by atoms with E-state index in [2.05, 4.69) is 17.6 Å². The summed E-state index contributed by atoms with van der Waals surface area (Å²) in [5, 5.41) is 8.02. The summed E-state index contributed by atoms with van der Waals surface area (Å²) in [6.07, 6.45) is 0.881. The van der Waals surface area contributed by atoms with Gasteiger partial charge in [-0.05, 0) is 48.2 Å². The predicted octanol–water partition coefficient (Wildman–Crippen LogP) is 3.70. The van der Waals surface area contributed by atoms with Crippen LogP contribution in [-0.4, -0.2) is 13.0 Å². The zero-order chi connectivity index (χ0) is 13.7. The van der Waals surface area contributed by atoms with Crippen molar-refractivity contribution in [2.45, 2.75) is 19.9 Å². The highest BCUT2D eigenvalue weighted by molar-refractivity contribution is 7.12. The Bertz CT molecular complexity index is 569. The van der Waals surface area contributed by atoms with E-state index in [1.54, 1.807) is 0 Å². The Morgan fingerprint density at radius 3 is 2.80 bits per heavy atom. The molecule has 0 fully saturated rings. The lowest BCUT2D eigenvalue weighted by Crippen LogP contribution is -2.12. The lowest BCUT2D eigenvalue weighted by atomic mass is 10.2. The summed E-state index contributed by atoms with van der Waals surface area (Å²) in [6.45, 7) is 2.86. The van der Waals surface area contributed by atoms with E-state index >= 15 is 0 Å². The molecule has 108 valence electrons. The average Bonchev–Trinajstić information content (AvgIpc) is 2.88. The highest BCUT2D eigenvalue weighted by Crippen LogP contribution is 2.19. The van der Waals surface area contributed by atoms with Crippen molar-refractivity contribution in [1.29, 1.82) is 0 Å².